The highest BCUT2D eigenvalue weighted by Crippen LogP contribution is 2.43. The molecule has 158 valence electrons. The molecule has 0 spiro atoms. The van der Waals surface area contributed by atoms with Gasteiger partial charge in [0.15, 0.2) is 0 Å². The molecule has 4 amide bonds. The maximum atomic E-state index is 13.1. The molecular formula is C22H26N4O4. The summed E-state index contributed by atoms with van der Waals surface area (Å²) in [5, 5.41) is 5.23. The lowest BCUT2D eigenvalue weighted by Crippen LogP contribution is -2.62. The smallest absolute Gasteiger partial charge is 0.257 e. The number of para-hydroxylation sites is 1. The fourth-order valence-corrected chi connectivity index (χ4v) is 4.08. The van der Waals surface area contributed by atoms with Gasteiger partial charge in [0, 0.05) is 32.4 Å². The number of nitrogens with zero attached hydrogens (tertiary/aromatic N) is 2. The maximum absolute atomic E-state index is 13.1. The van der Waals surface area contributed by atoms with Gasteiger partial charge < -0.3 is 15.5 Å². The number of nitrogens with one attached hydrogen (secondary N) is 2. The Labute approximate surface area is 176 Å². The zero-order valence-electron chi connectivity index (χ0n) is 17.1. The molecule has 8 nitrogen and oxygen atoms in total. The number of rotatable bonds is 8. The van der Waals surface area contributed by atoms with E-state index >= 15 is 0 Å². The predicted octanol–water partition coefficient (Wildman–Crippen LogP) is 1.02. The summed E-state index contributed by atoms with van der Waals surface area (Å²) in [7, 11) is 0. The van der Waals surface area contributed by atoms with Crippen molar-refractivity contribution in [1.82, 2.24) is 15.5 Å². The van der Waals surface area contributed by atoms with Crippen LogP contribution in [0.4, 0.5) is 5.69 Å². The molecule has 2 aliphatic heterocycles. The van der Waals surface area contributed by atoms with Crippen LogP contribution in [0, 0.1) is 12.3 Å². The lowest BCUT2D eigenvalue weighted by molar-refractivity contribution is -0.122. The lowest BCUT2D eigenvalue weighted by Gasteiger charge is -2.48. The van der Waals surface area contributed by atoms with Gasteiger partial charge in [-0.3, -0.25) is 24.1 Å². The molecule has 1 aromatic carbocycles. The Bertz CT molecular complexity index is 907. The van der Waals surface area contributed by atoms with E-state index in [9.17, 15) is 19.2 Å². The van der Waals surface area contributed by atoms with Gasteiger partial charge in [0.05, 0.1) is 17.8 Å². The number of amides is 4. The zero-order valence-corrected chi connectivity index (χ0v) is 17.1. The Balaban J connectivity index is 1.56. The van der Waals surface area contributed by atoms with Crippen LogP contribution in [0.5, 0.6) is 0 Å². The Morgan fingerprint density at radius 1 is 1.17 bits per heavy atom. The number of terminal acetylenes is 1. The summed E-state index contributed by atoms with van der Waals surface area (Å²) in [5.74, 6) is 1.79. The maximum Gasteiger partial charge on any atom is 0.257 e. The third kappa shape index (κ3) is 4.15. The van der Waals surface area contributed by atoms with Crippen molar-refractivity contribution in [3.8, 4) is 12.3 Å². The highest BCUT2D eigenvalue weighted by molar-refractivity contribution is 6.10. The number of fused-ring (bicyclic) bond motifs is 3. The molecule has 1 unspecified atom stereocenters. The predicted molar refractivity (Wildman–Crippen MR) is 111 cm³/mol. The largest absolute Gasteiger partial charge is 0.356 e. The first-order valence-corrected chi connectivity index (χ1v) is 10.1. The number of hydrogen-bond donors (Lipinski definition) is 2. The number of carbonyl (C=O) groups excluding carboxylic acids is 4. The molecule has 2 aliphatic rings. The molecule has 0 aliphatic carbocycles. The fourth-order valence-electron chi connectivity index (χ4n) is 4.08. The first-order valence-electron chi connectivity index (χ1n) is 10.1. The zero-order chi connectivity index (χ0) is 21.7. The van der Waals surface area contributed by atoms with E-state index in [0.29, 0.717) is 37.1 Å². The monoisotopic (exact) mass is 410 g/mol. The van der Waals surface area contributed by atoms with Crippen molar-refractivity contribution in [2.45, 2.75) is 44.7 Å². The lowest BCUT2D eigenvalue weighted by atomic mass is 9.98. The molecule has 30 heavy (non-hydrogen) atoms. The molecule has 0 radical (unpaired) electrons. The minimum absolute atomic E-state index is 0.00306. The minimum atomic E-state index is -0.714. The van der Waals surface area contributed by atoms with E-state index in [1.165, 1.54) is 0 Å². The number of hydrogen-bond acceptors (Lipinski definition) is 4. The van der Waals surface area contributed by atoms with Gasteiger partial charge in [0.1, 0.15) is 5.66 Å². The van der Waals surface area contributed by atoms with Crippen LogP contribution in [-0.4, -0.2) is 53.8 Å². The average Bonchev–Trinajstić information content (AvgIpc) is 3.04. The van der Waals surface area contributed by atoms with E-state index in [1.807, 2.05) is 13.0 Å². The standard InChI is InChI=1S/C22H26N4O4/c1-3-13-23-19(28)11-14-24-18(27)9-6-15-25-21(30)16-7-4-5-8-17(16)26-20(29)10-12-22(25,26)2/h1,4-5,7-8H,6,9-15H2,2H3,(H,23,28)(H,24,27). The van der Waals surface area contributed by atoms with Crippen LogP contribution in [0.25, 0.3) is 0 Å². The third-order valence-electron chi connectivity index (χ3n) is 5.59. The Kier molecular flexibility index (Phi) is 6.40. The summed E-state index contributed by atoms with van der Waals surface area (Å²) in [5.41, 5.74) is 0.450. The van der Waals surface area contributed by atoms with E-state index in [1.54, 1.807) is 28.0 Å². The first kappa shape index (κ1) is 21.4. The second-order valence-electron chi connectivity index (χ2n) is 7.60. The topological polar surface area (TPSA) is 98.8 Å². The normalized spacial score (nSPS) is 19.7. The fraction of sp³-hybridized carbons (Fsp3) is 0.455. The van der Waals surface area contributed by atoms with Crippen molar-refractivity contribution in [2.24, 2.45) is 0 Å². The van der Waals surface area contributed by atoms with E-state index in [4.69, 9.17) is 6.42 Å². The van der Waals surface area contributed by atoms with Gasteiger partial charge in [-0.2, -0.15) is 0 Å². The second-order valence-corrected chi connectivity index (χ2v) is 7.60. The Hall–Kier alpha value is -3.34. The van der Waals surface area contributed by atoms with Gasteiger partial charge in [0.2, 0.25) is 17.7 Å². The van der Waals surface area contributed by atoms with Gasteiger partial charge in [-0.05, 0) is 31.9 Å². The summed E-state index contributed by atoms with van der Waals surface area (Å²) in [6.07, 6.45) is 6.86. The van der Waals surface area contributed by atoms with Gasteiger partial charge in [0.25, 0.3) is 5.91 Å². The van der Waals surface area contributed by atoms with Crippen LogP contribution < -0.4 is 15.5 Å². The Morgan fingerprint density at radius 3 is 2.67 bits per heavy atom. The molecule has 1 atom stereocenters. The van der Waals surface area contributed by atoms with Crippen molar-refractivity contribution in [1.29, 1.82) is 0 Å². The van der Waals surface area contributed by atoms with Crippen LogP contribution in [0.3, 0.4) is 0 Å². The number of carbonyl (C=O) groups is 4. The van der Waals surface area contributed by atoms with Crippen molar-refractivity contribution in [3.63, 3.8) is 0 Å². The molecule has 2 N–H and O–H groups in total. The minimum Gasteiger partial charge on any atom is -0.356 e. The van der Waals surface area contributed by atoms with Crippen molar-refractivity contribution in [2.75, 3.05) is 24.5 Å². The summed E-state index contributed by atoms with van der Waals surface area (Å²) in [6, 6.07) is 7.14. The average molecular weight is 410 g/mol. The molecular weight excluding hydrogens is 384 g/mol. The summed E-state index contributed by atoms with van der Waals surface area (Å²) < 4.78 is 0. The number of anilines is 1. The molecule has 0 aromatic heterocycles. The van der Waals surface area contributed by atoms with Crippen LogP contribution in [0.1, 0.15) is 49.4 Å². The number of benzene rings is 1. The quantitative estimate of drug-likeness (QED) is 0.625. The highest BCUT2D eigenvalue weighted by atomic mass is 16.2. The highest BCUT2D eigenvalue weighted by Gasteiger charge is 2.52. The third-order valence-corrected chi connectivity index (χ3v) is 5.59. The van der Waals surface area contributed by atoms with Crippen molar-refractivity contribution < 1.29 is 19.2 Å². The van der Waals surface area contributed by atoms with E-state index in [2.05, 4.69) is 16.6 Å². The van der Waals surface area contributed by atoms with Gasteiger partial charge in [-0.25, -0.2) is 0 Å². The summed E-state index contributed by atoms with van der Waals surface area (Å²) >= 11 is 0. The van der Waals surface area contributed by atoms with E-state index in [-0.39, 0.29) is 49.6 Å². The molecule has 1 saturated heterocycles. The summed E-state index contributed by atoms with van der Waals surface area (Å²) in [6.45, 7) is 2.66. The first-order chi connectivity index (χ1) is 14.4. The Morgan fingerprint density at radius 2 is 1.90 bits per heavy atom. The second kappa shape index (κ2) is 8.99. The van der Waals surface area contributed by atoms with Crippen molar-refractivity contribution >= 4 is 29.3 Å². The molecule has 3 rings (SSSR count). The molecule has 0 bridgehead atoms. The van der Waals surface area contributed by atoms with Crippen LogP contribution >= 0.6 is 0 Å². The molecule has 1 aromatic rings. The summed E-state index contributed by atoms with van der Waals surface area (Å²) in [4.78, 5) is 52.6. The molecule has 8 heteroatoms. The van der Waals surface area contributed by atoms with Gasteiger partial charge >= 0.3 is 0 Å². The van der Waals surface area contributed by atoms with E-state index in [0.717, 1.165) is 0 Å². The molecule has 1 fully saturated rings. The molecule has 2 heterocycles. The van der Waals surface area contributed by atoms with Gasteiger partial charge in [-0.1, -0.05) is 18.1 Å². The van der Waals surface area contributed by atoms with Gasteiger partial charge in [-0.15, -0.1) is 6.42 Å². The van der Waals surface area contributed by atoms with Crippen LogP contribution in [-0.2, 0) is 14.4 Å². The van der Waals surface area contributed by atoms with Crippen LogP contribution in [0.2, 0.25) is 0 Å². The van der Waals surface area contributed by atoms with Crippen LogP contribution in [0.15, 0.2) is 24.3 Å². The molecule has 0 saturated carbocycles. The SMILES string of the molecule is C#CCNC(=O)CCNC(=O)CCCN1C(=O)c2ccccc2N2C(=O)CCC12C. The van der Waals surface area contributed by atoms with E-state index < -0.39 is 5.66 Å². The van der Waals surface area contributed by atoms with Crippen molar-refractivity contribution in [3.05, 3.63) is 29.8 Å².